The number of hydrogen-bond acceptors (Lipinski definition) is 6. The van der Waals surface area contributed by atoms with Crippen molar-refractivity contribution in [2.75, 3.05) is 0 Å². The number of nitrogens with two attached hydrogens (primary N) is 1. The number of benzene rings is 1. The molecule has 118 valence electrons. The molecule has 0 atom stereocenters. The number of aromatic nitrogens is 3. The van der Waals surface area contributed by atoms with Crippen LogP contribution in [-0.4, -0.2) is 15.1 Å². The number of nitrogens with zero attached hydrogens (tertiary/aromatic N) is 3. The van der Waals surface area contributed by atoms with Gasteiger partial charge in [-0.05, 0) is 37.0 Å². The van der Waals surface area contributed by atoms with Gasteiger partial charge >= 0.3 is 0 Å². The Bertz CT molecular complexity index is 823. The summed E-state index contributed by atoms with van der Waals surface area (Å²) in [6.45, 7) is 0. The maximum Gasteiger partial charge on any atom is 0.269 e. The van der Waals surface area contributed by atoms with Gasteiger partial charge in [-0.3, -0.25) is 0 Å². The molecule has 0 amide bonds. The summed E-state index contributed by atoms with van der Waals surface area (Å²) in [4.78, 5) is 9.63. The molecule has 3 aromatic rings. The molecule has 2 heterocycles. The molecule has 2 N–H and O–H groups in total. The zero-order valence-corrected chi connectivity index (χ0v) is 13.1. The molecule has 1 fully saturated rings. The summed E-state index contributed by atoms with van der Waals surface area (Å²) in [5.74, 6) is 0.797. The Morgan fingerprint density at radius 3 is 2.74 bits per heavy atom. The van der Waals surface area contributed by atoms with Crippen LogP contribution >= 0.6 is 11.3 Å². The fraction of sp³-hybridized carbons (Fsp3) is 0.312. The van der Waals surface area contributed by atoms with E-state index in [0.717, 1.165) is 34.7 Å². The van der Waals surface area contributed by atoms with E-state index in [1.165, 1.54) is 23.5 Å². The predicted octanol–water partition coefficient (Wildman–Crippen LogP) is 3.26. The van der Waals surface area contributed by atoms with Crippen molar-refractivity contribution >= 4 is 11.3 Å². The lowest BCUT2D eigenvalue weighted by Crippen LogP contribution is -2.44. The van der Waals surface area contributed by atoms with Gasteiger partial charge in [0.1, 0.15) is 10.7 Å². The first-order chi connectivity index (χ1) is 11.1. The number of thiazole rings is 1. The first kappa shape index (κ1) is 14.5. The van der Waals surface area contributed by atoms with Gasteiger partial charge in [0, 0.05) is 6.42 Å². The van der Waals surface area contributed by atoms with E-state index in [2.05, 4.69) is 15.1 Å². The van der Waals surface area contributed by atoms with Gasteiger partial charge in [-0.25, -0.2) is 9.37 Å². The molecule has 1 aliphatic rings. The van der Waals surface area contributed by atoms with E-state index in [0.29, 0.717) is 18.1 Å². The Labute approximate surface area is 136 Å². The third-order valence-electron chi connectivity index (χ3n) is 4.15. The molecule has 1 saturated carbocycles. The Kier molecular flexibility index (Phi) is 3.46. The summed E-state index contributed by atoms with van der Waals surface area (Å²) >= 11 is 1.49. The van der Waals surface area contributed by atoms with Crippen molar-refractivity contribution in [3.05, 3.63) is 52.7 Å². The van der Waals surface area contributed by atoms with Gasteiger partial charge in [0.05, 0.1) is 16.7 Å². The van der Waals surface area contributed by atoms with Crippen molar-refractivity contribution in [2.24, 2.45) is 5.73 Å². The second kappa shape index (κ2) is 5.50. The third kappa shape index (κ3) is 2.77. The fourth-order valence-corrected chi connectivity index (χ4v) is 3.45. The Morgan fingerprint density at radius 2 is 2.04 bits per heavy atom. The van der Waals surface area contributed by atoms with E-state index in [-0.39, 0.29) is 5.82 Å². The van der Waals surface area contributed by atoms with Crippen molar-refractivity contribution in [1.82, 2.24) is 15.1 Å². The highest BCUT2D eigenvalue weighted by atomic mass is 32.1. The first-order valence-electron chi connectivity index (χ1n) is 7.45. The molecule has 5 nitrogen and oxygen atoms in total. The standard InChI is InChI=1S/C16H15FN4OS/c17-11-4-2-10(3-5-11)8-13-19-9-12(23-13)14-20-15(21-22-14)16(18)6-1-7-16/h2-5,9H,1,6-8,18H2. The molecule has 2 aromatic heterocycles. The largest absolute Gasteiger partial charge is 0.333 e. The SMILES string of the molecule is NC1(c2noc(-c3cnc(Cc4ccc(F)cc4)s3)n2)CCC1. The smallest absolute Gasteiger partial charge is 0.269 e. The molecule has 0 spiro atoms. The maximum atomic E-state index is 12.9. The van der Waals surface area contributed by atoms with E-state index in [1.54, 1.807) is 18.3 Å². The lowest BCUT2D eigenvalue weighted by molar-refractivity contribution is 0.229. The molecular formula is C16H15FN4OS. The zero-order valence-electron chi connectivity index (χ0n) is 12.3. The molecule has 0 aliphatic heterocycles. The quantitative estimate of drug-likeness (QED) is 0.794. The fourth-order valence-electron chi connectivity index (χ4n) is 2.57. The van der Waals surface area contributed by atoms with Crippen LogP contribution in [0.4, 0.5) is 4.39 Å². The van der Waals surface area contributed by atoms with Gasteiger partial charge in [-0.1, -0.05) is 17.3 Å². The van der Waals surface area contributed by atoms with Gasteiger partial charge in [0.2, 0.25) is 0 Å². The normalized spacial score (nSPS) is 16.3. The molecule has 7 heteroatoms. The summed E-state index contributed by atoms with van der Waals surface area (Å²) in [7, 11) is 0. The van der Waals surface area contributed by atoms with Crippen LogP contribution in [0.3, 0.4) is 0 Å². The summed E-state index contributed by atoms with van der Waals surface area (Å²) < 4.78 is 18.3. The highest BCUT2D eigenvalue weighted by Crippen LogP contribution is 2.38. The summed E-state index contributed by atoms with van der Waals surface area (Å²) in [6.07, 6.45) is 5.26. The first-order valence-corrected chi connectivity index (χ1v) is 8.27. The average Bonchev–Trinajstić information content (AvgIpc) is 3.16. The van der Waals surface area contributed by atoms with Crippen LogP contribution in [0, 0.1) is 5.82 Å². The van der Waals surface area contributed by atoms with E-state index in [4.69, 9.17) is 10.3 Å². The van der Waals surface area contributed by atoms with Gasteiger partial charge in [-0.2, -0.15) is 4.98 Å². The molecule has 23 heavy (non-hydrogen) atoms. The van der Waals surface area contributed by atoms with E-state index >= 15 is 0 Å². The molecule has 1 aromatic carbocycles. The summed E-state index contributed by atoms with van der Waals surface area (Å²) in [6, 6.07) is 6.42. The van der Waals surface area contributed by atoms with Crippen LogP contribution in [0.1, 0.15) is 35.7 Å². The molecule has 0 saturated heterocycles. The minimum atomic E-state index is -0.427. The number of hydrogen-bond donors (Lipinski definition) is 1. The van der Waals surface area contributed by atoms with Crippen molar-refractivity contribution in [3.8, 4) is 10.8 Å². The van der Waals surface area contributed by atoms with Crippen LogP contribution in [0.25, 0.3) is 10.8 Å². The minimum absolute atomic E-state index is 0.237. The monoisotopic (exact) mass is 330 g/mol. The van der Waals surface area contributed by atoms with Gasteiger partial charge in [0.25, 0.3) is 5.89 Å². The highest BCUT2D eigenvalue weighted by Gasteiger charge is 2.39. The van der Waals surface area contributed by atoms with Crippen LogP contribution in [-0.2, 0) is 12.0 Å². The maximum absolute atomic E-state index is 12.9. The van der Waals surface area contributed by atoms with Crippen LogP contribution < -0.4 is 5.73 Å². The van der Waals surface area contributed by atoms with E-state index < -0.39 is 5.54 Å². The molecule has 4 rings (SSSR count). The van der Waals surface area contributed by atoms with Gasteiger partial charge in [0.15, 0.2) is 5.82 Å². The van der Waals surface area contributed by atoms with Gasteiger partial charge in [-0.15, -0.1) is 11.3 Å². The Hall–Kier alpha value is -2.12. The highest BCUT2D eigenvalue weighted by molar-refractivity contribution is 7.15. The number of rotatable bonds is 4. The zero-order chi connectivity index (χ0) is 15.9. The lowest BCUT2D eigenvalue weighted by Gasteiger charge is -2.34. The van der Waals surface area contributed by atoms with Gasteiger partial charge < -0.3 is 10.3 Å². The topological polar surface area (TPSA) is 77.8 Å². The molecular weight excluding hydrogens is 315 g/mol. The Balaban J connectivity index is 1.52. The molecule has 0 unspecified atom stereocenters. The number of halogens is 1. The van der Waals surface area contributed by atoms with E-state index in [9.17, 15) is 4.39 Å². The van der Waals surface area contributed by atoms with Crippen LogP contribution in [0.15, 0.2) is 35.0 Å². The summed E-state index contributed by atoms with van der Waals surface area (Å²) in [5.41, 5.74) is 6.79. The van der Waals surface area contributed by atoms with Crippen molar-refractivity contribution in [2.45, 2.75) is 31.2 Å². The van der Waals surface area contributed by atoms with E-state index in [1.807, 2.05) is 0 Å². The van der Waals surface area contributed by atoms with Crippen molar-refractivity contribution in [3.63, 3.8) is 0 Å². The summed E-state index contributed by atoms with van der Waals surface area (Å²) in [5, 5.41) is 4.93. The van der Waals surface area contributed by atoms with Crippen molar-refractivity contribution in [1.29, 1.82) is 0 Å². The van der Waals surface area contributed by atoms with Crippen LogP contribution in [0.2, 0.25) is 0 Å². The second-order valence-corrected chi connectivity index (χ2v) is 6.97. The molecule has 0 radical (unpaired) electrons. The molecule has 0 bridgehead atoms. The lowest BCUT2D eigenvalue weighted by atomic mass is 9.77. The predicted molar refractivity (Wildman–Crippen MR) is 84.3 cm³/mol. The Morgan fingerprint density at radius 1 is 1.26 bits per heavy atom. The second-order valence-electron chi connectivity index (χ2n) is 5.85. The third-order valence-corrected chi connectivity index (χ3v) is 5.14. The molecule has 1 aliphatic carbocycles. The minimum Gasteiger partial charge on any atom is -0.333 e. The van der Waals surface area contributed by atoms with Crippen LogP contribution in [0.5, 0.6) is 0 Å². The average molecular weight is 330 g/mol. The van der Waals surface area contributed by atoms with Crippen molar-refractivity contribution < 1.29 is 8.91 Å².